The predicted octanol–water partition coefficient (Wildman–Crippen LogP) is 2.66. The number of rotatable bonds is 1. The van der Waals surface area contributed by atoms with E-state index in [0.29, 0.717) is 0 Å². The summed E-state index contributed by atoms with van der Waals surface area (Å²) in [7, 11) is -0.178. The molecule has 0 aromatic heterocycles. The molecule has 18 heavy (non-hydrogen) atoms. The molecule has 0 spiro atoms. The Labute approximate surface area is 112 Å². The molecular formula is C14H26BNO2. The summed E-state index contributed by atoms with van der Waals surface area (Å²) in [6.45, 7) is 17.1. The highest BCUT2D eigenvalue weighted by Crippen LogP contribution is 2.39. The van der Waals surface area contributed by atoms with Crippen molar-refractivity contribution in [2.24, 2.45) is 0 Å². The molecule has 4 heteroatoms. The van der Waals surface area contributed by atoms with Gasteiger partial charge in [-0.1, -0.05) is 6.08 Å². The molecule has 0 radical (unpaired) electrons. The minimum absolute atomic E-state index is 0.178. The molecule has 0 unspecified atom stereocenters. The fourth-order valence-corrected chi connectivity index (χ4v) is 2.25. The van der Waals surface area contributed by atoms with Crippen LogP contribution < -0.4 is 0 Å². The molecule has 1 fully saturated rings. The van der Waals surface area contributed by atoms with Gasteiger partial charge in [-0.15, -0.1) is 0 Å². The van der Waals surface area contributed by atoms with E-state index in [-0.39, 0.29) is 23.9 Å². The smallest absolute Gasteiger partial charge is 0.400 e. The summed E-state index contributed by atoms with van der Waals surface area (Å²) in [5, 5.41) is 0. The lowest BCUT2D eigenvalue weighted by Gasteiger charge is -2.32. The van der Waals surface area contributed by atoms with E-state index in [9.17, 15) is 0 Å². The fraction of sp³-hybridized carbons (Fsp3) is 0.857. The van der Waals surface area contributed by atoms with Crippen LogP contribution in [0.1, 0.15) is 48.5 Å². The Kier molecular flexibility index (Phi) is 3.20. The molecule has 0 aromatic carbocycles. The molecule has 0 atom stereocenters. The van der Waals surface area contributed by atoms with Crippen molar-refractivity contribution in [2.75, 3.05) is 13.1 Å². The first kappa shape index (κ1) is 14.1. The van der Waals surface area contributed by atoms with Crippen LogP contribution in [0.5, 0.6) is 0 Å². The van der Waals surface area contributed by atoms with Crippen molar-refractivity contribution >= 4 is 7.12 Å². The van der Waals surface area contributed by atoms with Gasteiger partial charge in [0.25, 0.3) is 0 Å². The number of hydrogen-bond acceptors (Lipinski definition) is 3. The van der Waals surface area contributed by atoms with Crippen molar-refractivity contribution in [2.45, 2.75) is 65.2 Å². The summed E-state index contributed by atoms with van der Waals surface area (Å²) in [4.78, 5) is 2.44. The highest BCUT2D eigenvalue weighted by molar-refractivity contribution is 6.54. The van der Waals surface area contributed by atoms with Gasteiger partial charge in [0.05, 0.1) is 11.2 Å². The van der Waals surface area contributed by atoms with E-state index in [2.05, 4.69) is 59.4 Å². The Balaban J connectivity index is 2.05. The molecule has 0 amide bonds. The Morgan fingerprint density at radius 1 is 1.11 bits per heavy atom. The molecule has 0 aliphatic carbocycles. The quantitative estimate of drug-likeness (QED) is 0.669. The highest BCUT2D eigenvalue weighted by atomic mass is 16.7. The average molecular weight is 251 g/mol. The van der Waals surface area contributed by atoms with E-state index in [1.165, 1.54) is 5.47 Å². The maximum Gasteiger partial charge on any atom is 0.491 e. The molecule has 3 nitrogen and oxygen atoms in total. The van der Waals surface area contributed by atoms with Gasteiger partial charge in [0, 0.05) is 18.6 Å². The largest absolute Gasteiger partial charge is 0.491 e. The maximum atomic E-state index is 6.09. The molecule has 1 saturated heterocycles. The summed E-state index contributed by atoms with van der Waals surface area (Å²) < 4.78 is 12.2. The molecule has 0 N–H and O–H groups in total. The Morgan fingerprint density at radius 2 is 1.61 bits per heavy atom. The fourth-order valence-electron chi connectivity index (χ4n) is 2.25. The van der Waals surface area contributed by atoms with Gasteiger partial charge in [0.1, 0.15) is 0 Å². The van der Waals surface area contributed by atoms with Crippen LogP contribution in [-0.2, 0) is 9.31 Å². The summed E-state index contributed by atoms with van der Waals surface area (Å²) in [6.07, 6.45) is 2.26. The molecule has 2 aliphatic rings. The zero-order valence-electron chi connectivity index (χ0n) is 12.8. The van der Waals surface area contributed by atoms with E-state index >= 15 is 0 Å². The van der Waals surface area contributed by atoms with Gasteiger partial charge in [-0.2, -0.15) is 0 Å². The van der Waals surface area contributed by atoms with Crippen LogP contribution in [0.3, 0.4) is 0 Å². The van der Waals surface area contributed by atoms with Crippen molar-refractivity contribution in [3.63, 3.8) is 0 Å². The molecule has 2 heterocycles. The van der Waals surface area contributed by atoms with Gasteiger partial charge in [-0.25, -0.2) is 0 Å². The lowest BCUT2D eigenvalue weighted by molar-refractivity contribution is 0.00578. The molecular weight excluding hydrogens is 225 g/mol. The average Bonchev–Trinajstić information content (AvgIpc) is 2.69. The topological polar surface area (TPSA) is 21.7 Å². The van der Waals surface area contributed by atoms with Gasteiger partial charge >= 0.3 is 7.12 Å². The minimum Gasteiger partial charge on any atom is -0.400 e. The van der Waals surface area contributed by atoms with Crippen molar-refractivity contribution in [1.82, 2.24) is 4.90 Å². The van der Waals surface area contributed by atoms with Crippen LogP contribution in [0, 0.1) is 0 Å². The Bertz CT molecular complexity index is 352. The minimum atomic E-state index is -0.242. The van der Waals surface area contributed by atoms with Crippen LogP contribution in [0.15, 0.2) is 11.5 Å². The highest BCUT2D eigenvalue weighted by Gasteiger charge is 2.53. The molecule has 2 aliphatic heterocycles. The third-order valence-electron chi connectivity index (χ3n) is 4.45. The van der Waals surface area contributed by atoms with Crippen molar-refractivity contribution in [3.05, 3.63) is 11.5 Å². The van der Waals surface area contributed by atoms with E-state index in [1.54, 1.807) is 0 Å². The molecule has 0 aromatic rings. The molecule has 2 rings (SSSR count). The second-order valence-electron chi connectivity index (χ2n) is 7.42. The molecule has 0 bridgehead atoms. The summed E-state index contributed by atoms with van der Waals surface area (Å²) in [6, 6.07) is 0. The van der Waals surface area contributed by atoms with Gasteiger partial charge in [0.15, 0.2) is 0 Å². The van der Waals surface area contributed by atoms with E-state index in [0.717, 1.165) is 13.1 Å². The van der Waals surface area contributed by atoms with Crippen LogP contribution in [0.2, 0.25) is 0 Å². The SMILES string of the molecule is CC(C)(C)N1CC=C(B2OC(C)(C)C(C)(C)O2)C1. The summed E-state index contributed by atoms with van der Waals surface area (Å²) in [5.74, 6) is 0. The normalized spacial score (nSPS) is 27.7. The Morgan fingerprint density at radius 3 is 2.00 bits per heavy atom. The standard InChI is InChI=1S/C14H26BNO2/c1-12(2,3)16-9-8-11(10-16)15-17-13(4,5)14(6,7)18-15/h8H,9-10H2,1-7H3. The third-order valence-corrected chi connectivity index (χ3v) is 4.45. The first-order chi connectivity index (χ1) is 8.03. The van der Waals surface area contributed by atoms with Crippen molar-refractivity contribution in [1.29, 1.82) is 0 Å². The zero-order valence-corrected chi connectivity index (χ0v) is 12.8. The van der Waals surface area contributed by atoms with Gasteiger partial charge in [-0.3, -0.25) is 4.90 Å². The number of hydrogen-bond donors (Lipinski definition) is 0. The van der Waals surface area contributed by atoms with Crippen LogP contribution >= 0.6 is 0 Å². The monoisotopic (exact) mass is 251 g/mol. The number of nitrogens with zero attached hydrogens (tertiary/aromatic N) is 1. The summed E-state index contributed by atoms with van der Waals surface area (Å²) >= 11 is 0. The van der Waals surface area contributed by atoms with Crippen LogP contribution in [0.4, 0.5) is 0 Å². The van der Waals surface area contributed by atoms with Crippen LogP contribution in [-0.4, -0.2) is 41.8 Å². The van der Waals surface area contributed by atoms with E-state index in [4.69, 9.17) is 9.31 Å². The first-order valence-electron chi connectivity index (χ1n) is 6.82. The Hall–Kier alpha value is -0.315. The van der Waals surface area contributed by atoms with Crippen molar-refractivity contribution < 1.29 is 9.31 Å². The molecule has 102 valence electrons. The van der Waals surface area contributed by atoms with Crippen LogP contribution in [0.25, 0.3) is 0 Å². The lowest BCUT2D eigenvalue weighted by atomic mass is 9.78. The lowest BCUT2D eigenvalue weighted by Crippen LogP contribution is -2.41. The van der Waals surface area contributed by atoms with Crippen molar-refractivity contribution in [3.8, 4) is 0 Å². The maximum absolute atomic E-state index is 6.09. The second-order valence-corrected chi connectivity index (χ2v) is 7.42. The van der Waals surface area contributed by atoms with E-state index < -0.39 is 0 Å². The second kappa shape index (κ2) is 4.09. The van der Waals surface area contributed by atoms with E-state index in [1.807, 2.05) is 0 Å². The third kappa shape index (κ3) is 2.38. The van der Waals surface area contributed by atoms with Gasteiger partial charge in [-0.05, 0) is 53.9 Å². The van der Waals surface area contributed by atoms with Gasteiger partial charge < -0.3 is 9.31 Å². The van der Waals surface area contributed by atoms with Gasteiger partial charge in [0.2, 0.25) is 0 Å². The first-order valence-corrected chi connectivity index (χ1v) is 6.82. The zero-order chi connectivity index (χ0) is 13.8. The summed E-state index contributed by atoms with van der Waals surface area (Å²) in [5.41, 5.74) is 0.979. The predicted molar refractivity (Wildman–Crippen MR) is 75.5 cm³/mol. The molecule has 0 saturated carbocycles.